The number of ether oxygens (including phenoxy) is 1. The molecule has 0 bridgehead atoms. The van der Waals surface area contributed by atoms with Crippen molar-refractivity contribution in [3.8, 4) is 5.75 Å². The van der Waals surface area contributed by atoms with Crippen LogP contribution in [0.25, 0.3) is 0 Å². The van der Waals surface area contributed by atoms with Crippen molar-refractivity contribution >= 4 is 31.9 Å². The zero-order valence-electron chi connectivity index (χ0n) is 22.5. The van der Waals surface area contributed by atoms with Crippen LogP contribution in [0.2, 0.25) is 0 Å². The van der Waals surface area contributed by atoms with Gasteiger partial charge in [-0.1, -0.05) is 13.8 Å². The maximum Gasteiger partial charge on any atom is 0.268 e. The summed E-state index contributed by atoms with van der Waals surface area (Å²) in [6.07, 6.45) is 2.22. The van der Waals surface area contributed by atoms with E-state index in [0.29, 0.717) is 69.3 Å². The number of rotatable bonds is 11. The highest BCUT2D eigenvalue weighted by Gasteiger charge is 2.43. The number of nitrogens with one attached hydrogen (secondary N) is 1. The first-order valence-electron chi connectivity index (χ1n) is 13.4. The summed E-state index contributed by atoms with van der Waals surface area (Å²) in [5.74, 6) is 0.402. The van der Waals surface area contributed by atoms with Crippen molar-refractivity contribution in [1.29, 1.82) is 0 Å². The first-order chi connectivity index (χ1) is 18.2. The Morgan fingerprint density at radius 2 is 1.87 bits per heavy atom. The fourth-order valence-electron chi connectivity index (χ4n) is 5.39. The number of piperazine rings is 1. The van der Waals surface area contributed by atoms with E-state index in [1.54, 1.807) is 18.2 Å². The Kier molecular flexibility index (Phi) is 9.72. The van der Waals surface area contributed by atoms with Crippen LogP contribution in [0.4, 0.5) is 4.39 Å². The number of carbonyl (C=O) groups excluding carboxylic acids is 1. The number of hydrogen-bond acceptors (Lipinski definition) is 7. The average molecular weight is 617 g/mol. The van der Waals surface area contributed by atoms with Gasteiger partial charge in [-0.2, -0.15) is 4.31 Å². The van der Waals surface area contributed by atoms with Crippen molar-refractivity contribution in [3.05, 3.63) is 35.0 Å². The minimum atomic E-state index is -3.76. The van der Waals surface area contributed by atoms with E-state index in [0.717, 1.165) is 25.0 Å². The SMILES string of the molecule is CCCOc1ccc(S(=O)(=O)N2CCN(CCCF)CC2)cc1C1NC(=O)C2=C1CN(CCC)C(Br)N2C. The number of benzene rings is 1. The number of likely N-dealkylation sites (N-methyl/N-ethyl adjacent to an activating group) is 1. The van der Waals surface area contributed by atoms with Crippen molar-refractivity contribution in [1.82, 2.24) is 24.3 Å². The Hall–Kier alpha value is -1.73. The fraction of sp³-hybridized carbons (Fsp3) is 0.654. The van der Waals surface area contributed by atoms with Gasteiger partial charge in [0.05, 0.1) is 24.2 Å². The van der Waals surface area contributed by atoms with E-state index in [1.165, 1.54) is 4.31 Å². The fourth-order valence-corrected chi connectivity index (χ4v) is 7.40. The molecule has 3 aliphatic rings. The summed E-state index contributed by atoms with van der Waals surface area (Å²) in [6, 6.07) is 4.49. The number of sulfonamides is 1. The molecule has 4 rings (SSSR count). The number of carbonyl (C=O) groups is 1. The van der Waals surface area contributed by atoms with E-state index in [4.69, 9.17) is 4.74 Å². The molecule has 0 saturated carbocycles. The van der Waals surface area contributed by atoms with E-state index in [-0.39, 0.29) is 22.6 Å². The second kappa shape index (κ2) is 12.6. The lowest BCUT2D eigenvalue weighted by molar-refractivity contribution is -0.118. The normalized spacial score (nSPS) is 23.6. The summed E-state index contributed by atoms with van der Waals surface area (Å²) in [7, 11) is -1.87. The Bertz CT molecular complexity index is 1140. The smallest absolute Gasteiger partial charge is 0.268 e. The molecule has 12 heteroatoms. The molecule has 1 fully saturated rings. The second-order valence-corrected chi connectivity index (χ2v) is 12.8. The molecule has 2 unspecified atom stereocenters. The molecule has 1 amide bonds. The molecule has 1 aromatic rings. The van der Waals surface area contributed by atoms with E-state index in [1.807, 2.05) is 18.9 Å². The van der Waals surface area contributed by atoms with E-state index in [9.17, 15) is 17.6 Å². The minimum absolute atomic E-state index is 0.100. The molecule has 9 nitrogen and oxygen atoms in total. The Labute approximate surface area is 234 Å². The van der Waals surface area contributed by atoms with Crippen LogP contribution in [0.1, 0.15) is 44.7 Å². The van der Waals surface area contributed by atoms with Crippen LogP contribution in [0.5, 0.6) is 5.75 Å². The molecular formula is C26H39BrFN5O4S. The van der Waals surface area contributed by atoms with Crippen LogP contribution in [0.15, 0.2) is 34.4 Å². The van der Waals surface area contributed by atoms with Crippen LogP contribution in [0.3, 0.4) is 0 Å². The van der Waals surface area contributed by atoms with Crippen LogP contribution in [0, 0.1) is 0 Å². The molecule has 1 N–H and O–H groups in total. The maximum absolute atomic E-state index is 13.7. The van der Waals surface area contributed by atoms with Gasteiger partial charge >= 0.3 is 0 Å². The highest BCUT2D eigenvalue weighted by molar-refractivity contribution is 9.09. The van der Waals surface area contributed by atoms with Gasteiger partial charge in [-0.15, -0.1) is 0 Å². The van der Waals surface area contributed by atoms with Crippen molar-refractivity contribution in [2.45, 2.75) is 49.1 Å². The third-order valence-electron chi connectivity index (χ3n) is 7.33. The quantitative estimate of drug-likeness (QED) is 0.303. The van der Waals surface area contributed by atoms with E-state index in [2.05, 4.69) is 38.0 Å². The molecule has 2 atom stereocenters. The standard InChI is InChI=1S/C26H39BrFN5O4S/c1-4-10-32-18-21-23(29-25(34)24(21)30(3)26(32)27)20-17-19(7-8-22(20)37-16-5-2)38(35,36)33-14-12-31(13-15-33)11-6-9-28/h7-8,17,23,26H,4-6,9-16,18H2,1-3H3,(H,29,34). The molecule has 1 saturated heterocycles. The van der Waals surface area contributed by atoms with Crippen LogP contribution in [-0.4, -0.2) is 105 Å². The summed E-state index contributed by atoms with van der Waals surface area (Å²) in [5, 5.41) is 3.00. The number of alkyl halides is 2. The van der Waals surface area contributed by atoms with Gasteiger partial charge in [-0.25, -0.2) is 8.42 Å². The molecule has 212 valence electrons. The van der Waals surface area contributed by atoms with Gasteiger partial charge in [-0.05, 0) is 59.0 Å². The molecule has 0 aliphatic carbocycles. The lowest BCUT2D eigenvalue weighted by atomic mass is 9.97. The van der Waals surface area contributed by atoms with Gasteiger partial charge in [0.1, 0.15) is 16.5 Å². The highest BCUT2D eigenvalue weighted by atomic mass is 79.9. The van der Waals surface area contributed by atoms with Gasteiger partial charge < -0.3 is 19.9 Å². The maximum atomic E-state index is 13.7. The number of amides is 1. The van der Waals surface area contributed by atoms with Crippen LogP contribution < -0.4 is 10.1 Å². The third kappa shape index (κ3) is 5.89. The zero-order valence-corrected chi connectivity index (χ0v) is 24.9. The number of halogens is 2. The van der Waals surface area contributed by atoms with Crippen molar-refractivity contribution in [2.24, 2.45) is 0 Å². The van der Waals surface area contributed by atoms with E-state index < -0.39 is 16.1 Å². The zero-order chi connectivity index (χ0) is 27.4. The average Bonchev–Trinajstić information content (AvgIpc) is 3.25. The van der Waals surface area contributed by atoms with Gasteiger partial charge in [-0.3, -0.25) is 14.1 Å². The van der Waals surface area contributed by atoms with Gasteiger partial charge in [0.25, 0.3) is 5.91 Å². The summed E-state index contributed by atoms with van der Waals surface area (Å²) in [5.41, 5.74) is 2.18. The van der Waals surface area contributed by atoms with Crippen LogP contribution >= 0.6 is 15.9 Å². The summed E-state index contributed by atoms with van der Waals surface area (Å²) >= 11 is 3.72. The first-order valence-corrected chi connectivity index (χ1v) is 15.8. The number of nitrogens with zero attached hydrogens (tertiary/aromatic N) is 4. The lowest BCUT2D eigenvalue weighted by Gasteiger charge is -2.40. The van der Waals surface area contributed by atoms with Gasteiger partial charge in [0.2, 0.25) is 10.0 Å². The minimum Gasteiger partial charge on any atom is -0.493 e. The molecule has 0 aromatic heterocycles. The summed E-state index contributed by atoms with van der Waals surface area (Å²) < 4.78 is 47.4. The Morgan fingerprint density at radius 3 is 2.53 bits per heavy atom. The highest BCUT2D eigenvalue weighted by Crippen LogP contribution is 2.41. The van der Waals surface area contributed by atoms with Crippen LogP contribution in [-0.2, 0) is 14.8 Å². The molecule has 0 spiro atoms. The van der Waals surface area contributed by atoms with Crippen molar-refractivity contribution < 1.29 is 22.3 Å². The van der Waals surface area contributed by atoms with Gasteiger partial charge in [0.15, 0.2) is 0 Å². The van der Waals surface area contributed by atoms with Gasteiger partial charge in [0, 0.05) is 58.4 Å². The number of hydrogen-bond donors (Lipinski definition) is 1. The summed E-state index contributed by atoms with van der Waals surface area (Å²) in [4.78, 5) is 19.6. The topological polar surface area (TPSA) is 85.4 Å². The Morgan fingerprint density at radius 1 is 1.13 bits per heavy atom. The molecule has 0 radical (unpaired) electrons. The second-order valence-electron chi connectivity index (χ2n) is 10.0. The largest absolute Gasteiger partial charge is 0.493 e. The molecule has 38 heavy (non-hydrogen) atoms. The molecular weight excluding hydrogens is 577 g/mol. The van der Waals surface area contributed by atoms with Crippen molar-refractivity contribution in [3.63, 3.8) is 0 Å². The summed E-state index contributed by atoms with van der Waals surface area (Å²) in [6.45, 7) is 8.18. The van der Waals surface area contributed by atoms with Crippen molar-refractivity contribution in [2.75, 3.05) is 66.1 Å². The molecule has 1 aromatic carbocycles. The predicted molar refractivity (Wildman–Crippen MR) is 148 cm³/mol. The monoisotopic (exact) mass is 615 g/mol. The Balaban J connectivity index is 1.66. The van der Waals surface area contributed by atoms with E-state index >= 15 is 0 Å². The first kappa shape index (κ1) is 29.3. The predicted octanol–water partition coefficient (Wildman–Crippen LogP) is 2.90. The lowest BCUT2D eigenvalue weighted by Crippen LogP contribution is -2.48. The third-order valence-corrected chi connectivity index (χ3v) is 10.4. The molecule has 3 heterocycles. The molecule has 3 aliphatic heterocycles.